The quantitative estimate of drug-likeness (QED) is 0.636. The molecule has 28 heavy (non-hydrogen) atoms. The summed E-state index contributed by atoms with van der Waals surface area (Å²) >= 11 is 0. The van der Waals surface area contributed by atoms with Gasteiger partial charge in [-0.3, -0.25) is 0 Å². The van der Waals surface area contributed by atoms with E-state index in [1.54, 1.807) is 0 Å². The zero-order chi connectivity index (χ0) is 19.5. The average molecular weight is 396 g/mol. The molecule has 7 nitrogen and oxygen atoms in total. The topological polar surface area (TPSA) is 117 Å². The Morgan fingerprint density at radius 1 is 1.07 bits per heavy atom. The Morgan fingerprint density at radius 3 is 2.14 bits per heavy atom. The molecule has 0 aliphatic heterocycles. The molecule has 1 aromatic carbocycles. The van der Waals surface area contributed by atoms with E-state index in [0.29, 0.717) is 5.82 Å². The van der Waals surface area contributed by atoms with Crippen LogP contribution in [0.4, 0.5) is 17.5 Å². The Labute approximate surface area is 189 Å². The molecule has 0 spiro atoms. The van der Waals surface area contributed by atoms with Crippen LogP contribution in [0.3, 0.4) is 0 Å². The number of aromatic nitrogens is 2. The first-order valence-corrected chi connectivity index (χ1v) is 8.68. The largest absolute Gasteiger partial charge is 1.00 e. The normalized spacial score (nSPS) is 11.1. The number of anilines is 3. The molecule has 148 valence electrons. The minimum atomic E-state index is -1.09. The van der Waals surface area contributed by atoms with Crippen LogP contribution in [0.2, 0.25) is 0 Å². The van der Waals surface area contributed by atoms with Crippen LogP contribution in [-0.2, 0) is 0 Å². The number of nitrogens with one attached hydrogen (secondary N) is 2. The van der Waals surface area contributed by atoms with Gasteiger partial charge in [-0.2, -0.15) is 4.98 Å². The number of nitrogens with zero attached hydrogens (tertiary/aromatic N) is 2. The standard InChI is InChI=1S/C20H28N4O2.Na.H2O/c1-13-7-9-14(10-8-13)21-18-22-15(17(25)26)11-16(23-18)24-20(5,6)12-19(2,3)4;;/h7-11H,12H2,1-6H3,(H,25,26)(H2,21,22,23,24);;1H2/q;+1;/p-1. The van der Waals surface area contributed by atoms with Gasteiger partial charge < -0.3 is 21.2 Å². The zero-order valence-corrected chi connectivity index (χ0v) is 19.8. The number of rotatable bonds is 6. The predicted octanol–water partition coefficient (Wildman–Crippen LogP) is 1.68. The van der Waals surface area contributed by atoms with E-state index in [-0.39, 0.29) is 57.6 Å². The number of carboxylic acids is 1. The fraction of sp³-hybridized carbons (Fsp3) is 0.450. The van der Waals surface area contributed by atoms with E-state index in [4.69, 9.17) is 0 Å². The fourth-order valence-electron chi connectivity index (χ4n) is 3.16. The number of aromatic carboxylic acids is 1. The number of aryl methyl sites for hydroxylation is 1. The van der Waals surface area contributed by atoms with Gasteiger partial charge >= 0.3 is 35.5 Å². The van der Waals surface area contributed by atoms with Crippen molar-refractivity contribution >= 4 is 23.4 Å². The van der Waals surface area contributed by atoms with E-state index >= 15 is 0 Å². The number of benzene rings is 1. The molecule has 8 heteroatoms. The van der Waals surface area contributed by atoms with Gasteiger partial charge in [-0.15, -0.1) is 0 Å². The summed E-state index contributed by atoms with van der Waals surface area (Å²) in [5.74, 6) is -0.347. The number of carboxylic acid groups (broad SMARTS) is 1. The summed E-state index contributed by atoms with van der Waals surface area (Å²) in [5, 5.41) is 15.8. The van der Waals surface area contributed by atoms with Crippen molar-refractivity contribution in [1.29, 1.82) is 0 Å². The molecular formula is C20H29N4NaO3. The second kappa shape index (κ2) is 10.2. The molecule has 1 heterocycles. The predicted molar refractivity (Wildman–Crippen MR) is 107 cm³/mol. The summed E-state index contributed by atoms with van der Waals surface area (Å²) in [5.41, 5.74) is 1.77. The monoisotopic (exact) mass is 396 g/mol. The second-order valence-electron chi connectivity index (χ2n) is 8.50. The van der Waals surface area contributed by atoms with E-state index in [0.717, 1.165) is 17.7 Å². The summed E-state index contributed by atoms with van der Waals surface area (Å²) in [6, 6.07) is 9.21. The van der Waals surface area contributed by atoms with Crippen molar-refractivity contribution in [3.63, 3.8) is 0 Å². The Bertz CT molecular complexity index is 787. The van der Waals surface area contributed by atoms with E-state index in [2.05, 4.69) is 55.2 Å². The van der Waals surface area contributed by atoms with Crippen LogP contribution in [0.25, 0.3) is 0 Å². The molecule has 0 radical (unpaired) electrons. The molecule has 0 atom stereocenters. The van der Waals surface area contributed by atoms with Gasteiger partial charge in [-0.25, -0.2) is 9.78 Å². The van der Waals surface area contributed by atoms with Gasteiger partial charge in [0, 0.05) is 17.3 Å². The third-order valence-corrected chi connectivity index (χ3v) is 3.69. The molecule has 0 amide bonds. The molecule has 4 N–H and O–H groups in total. The Hall–Kier alpha value is -1.67. The van der Waals surface area contributed by atoms with Crippen LogP contribution in [0.15, 0.2) is 30.3 Å². The molecule has 0 saturated heterocycles. The maximum absolute atomic E-state index is 11.5. The Kier molecular flexibility index (Phi) is 9.60. The third-order valence-electron chi connectivity index (χ3n) is 3.69. The van der Waals surface area contributed by atoms with Gasteiger partial charge in [-0.1, -0.05) is 38.5 Å². The van der Waals surface area contributed by atoms with Gasteiger partial charge in [0.05, 0.1) is 0 Å². The van der Waals surface area contributed by atoms with Crippen LogP contribution in [0, 0.1) is 12.3 Å². The third kappa shape index (κ3) is 8.56. The van der Waals surface area contributed by atoms with E-state index in [9.17, 15) is 9.90 Å². The van der Waals surface area contributed by atoms with Crippen LogP contribution < -0.4 is 40.2 Å². The van der Waals surface area contributed by atoms with Crippen molar-refractivity contribution in [3.05, 3.63) is 41.6 Å². The summed E-state index contributed by atoms with van der Waals surface area (Å²) < 4.78 is 0. The first-order chi connectivity index (χ1) is 11.9. The number of carbonyl (C=O) groups is 1. The number of hydrogen-bond donors (Lipinski definition) is 3. The summed E-state index contributed by atoms with van der Waals surface area (Å²) in [4.78, 5) is 20.0. The van der Waals surface area contributed by atoms with Gasteiger partial charge in [0.25, 0.3) is 0 Å². The minimum absolute atomic E-state index is 0. The van der Waals surface area contributed by atoms with E-state index < -0.39 is 5.97 Å². The summed E-state index contributed by atoms with van der Waals surface area (Å²) in [6.07, 6.45) is 0.896. The smallest absolute Gasteiger partial charge is 0.870 e. The molecule has 0 saturated carbocycles. The first-order valence-electron chi connectivity index (χ1n) is 8.68. The van der Waals surface area contributed by atoms with Crippen molar-refractivity contribution < 1.29 is 44.9 Å². The molecule has 2 rings (SSSR count). The molecular weight excluding hydrogens is 367 g/mol. The van der Waals surface area contributed by atoms with Gasteiger partial charge in [0.15, 0.2) is 5.69 Å². The van der Waals surface area contributed by atoms with Crippen molar-refractivity contribution in [2.24, 2.45) is 5.41 Å². The van der Waals surface area contributed by atoms with Crippen LogP contribution in [0.5, 0.6) is 0 Å². The maximum atomic E-state index is 11.5. The van der Waals surface area contributed by atoms with E-state index in [1.165, 1.54) is 6.07 Å². The molecule has 2 aromatic rings. The van der Waals surface area contributed by atoms with Crippen LogP contribution >= 0.6 is 0 Å². The average Bonchev–Trinajstić information content (AvgIpc) is 2.46. The summed E-state index contributed by atoms with van der Waals surface area (Å²) in [6.45, 7) is 12.7. The fourth-order valence-corrected chi connectivity index (χ4v) is 3.16. The molecule has 0 unspecified atom stereocenters. The molecule has 0 bridgehead atoms. The van der Waals surface area contributed by atoms with Crippen molar-refractivity contribution in [1.82, 2.24) is 9.97 Å². The zero-order valence-electron chi connectivity index (χ0n) is 17.8. The first kappa shape index (κ1) is 26.3. The van der Waals surface area contributed by atoms with E-state index in [1.807, 2.05) is 31.2 Å². The molecule has 0 aliphatic rings. The minimum Gasteiger partial charge on any atom is -0.870 e. The molecule has 0 fully saturated rings. The van der Waals surface area contributed by atoms with Crippen LogP contribution in [-0.4, -0.2) is 32.1 Å². The maximum Gasteiger partial charge on any atom is 1.00 e. The Morgan fingerprint density at radius 2 is 1.64 bits per heavy atom. The molecule has 1 aromatic heterocycles. The van der Waals surface area contributed by atoms with Crippen LogP contribution in [0.1, 0.15) is 57.1 Å². The second-order valence-corrected chi connectivity index (χ2v) is 8.50. The van der Waals surface area contributed by atoms with Crippen molar-refractivity contribution in [3.8, 4) is 0 Å². The van der Waals surface area contributed by atoms with Gasteiger partial charge in [-0.05, 0) is 44.7 Å². The van der Waals surface area contributed by atoms with Crippen molar-refractivity contribution in [2.75, 3.05) is 10.6 Å². The SMILES string of the molecule is Cc1ccc(Nc2nc(NC(C)(C)CC(C)(C)C)cc(C(=O)O)n2)cc1.[Na+].[OH-]. The Balaban J connectivity index is 0.00000364. The van der Waals surface area contributed by atoms with Gasteiger partial charge in [0.2, 0.25) is 5.95 Å². The van der Waals surface area contributed by atoms with Crippen molar-refractivity contribution in [2.45, 2.75) is 53.5 Å². The summed E-state index contributed by atoms with van der Waals surface area (Å²) in [7, 11) is 0. The molecule has 0 aliphatic carbocycles. The number of hydrogen-bond acceptors (Lipinski definition) is 6. The van der Waals surface area contributed by atoms with Gasteiger partial charge in [0.1, 0.15) is 5.82 Å².